The van der Waals surface area contributed by atoms with E-state index in [1.165, 1.54) is 18.7 Å². The van der Waals surface area contributed by atoms with Crippen LogP contribution in [0.25, 0.3) is 0 Å². The summed E-state index contributed by atoms with van der Waals surface area (Å²) in [6.45, 7) is 3.26. The number of aliphatic hydroxyl groups is 2. The SMILES string of the molecule is CSCCCN1CCC2(CC1)[C@H](O)C[C@@H]2O. The Morgan fingerprint density at radius 1 is 1.25 bits per heavy atom. The van der Waals surface area contributed by atoms with Crippen molar-refractivity contribution in [2.75, 3.05) is 31.6 Å². The van der Waals surface area contributed by atoms with Crippen molar-refractivity contribution in [1.29, 1.82) is 0 Å². The minimum atomic E-state index is -0.254. The molecule has 0 aromatic rings. The Kier molecular flexibility index (Phi) is 4.16. The molecule has 1 aliphatic carbocycles. The minimum absolute atomic E-state index is 0.143. The Hall–Kier alpha value is 0.230. The zero-order chi connectivity index (χ0) is 11.6. The number of hydrogen-bond acceptors (Lipinski definition) is 4. The maximum atomic E-state index is 9.81. The molecule has 1 heterocycles. The number of likely N-dealkylation sites (tertiary alicyclic amines) is 1. The molecule has 94 valence electrons. The highest BCUT2D eigenvalue weighted by Gasteiger charge is 2.54. The van der Waals surface area contributed by atoms with E-state index < -0.39 is 0 Å². The quantitative estimate of drug-likeness (QED) is 0.724. The number of hydrogen-bond donors (Lipinski definition) is 2. The first-order valence-corrected chi connectivity index (χ1v) is 7.66. The van der Waals surface area contributed by atoms with Gasteiger partial charge >= 0.3 is 0 Å². The van der Waals surface area contributed by atoms with Crippen molar-refractivity contribution in [3.63, 3.8) is 0 Å². The van der Waals surface area contributed by atoms with Gasteiger partial charge in [0.15, 0.2) is 0 Å². The van der Waals surface area contributed by atoms with E-state index in [4.69, 9.17) is 0 Å². The first-order valence-electron chi connectivity index (χ1n) is 6.26. The lowest BCUT2D eigenvalue weighted by atomic mass is 9.58. The maximum Gasteiger partial charge on any atom is 0.0647 e. The third-order valence-electron chi connectivity index (χ3n) is 4.38. The predicted octanol–water partition coefficient (Wildman–Crippen LogP) is 0.947. The second-order valence-corrected chi connectivity index (χ2v) is 6.17. The van der Waals surface area contributed by atoms with Crippen LogP contribution in [0.15, 0.2) is 0 Å². The van der Waals surface area contributed by atoms with Crippen LogP contribution in [0.2, 0.25) is 0 Å². The molecule has 0 radical (unpaired) electrons. The largest absolute Gasteiger partial charge is 0.392 e. The fourth-order valence-electron chi connectivity index (χ4n) is 3.03. The third-order valence-corrected chi connectivity index (χ3v) is 5.08. The molecule has 2 fully saturated rings. The van der Waals surface area contributed by atoms with Gasteiger partial charge in [-0.2, -0.15) is 11.8 Å². The van der Waals surface area contributed by atoms with Crippen LogP contribution in [-0.2, 0) is 0 Å². The van der Waals surface area contributed by atoms with Crippen molar-refractivity contribution in [2.24, 2.45) is 5.41 Å². The first kappa shape index (κ1) is 12.7. The average molecular weight is 245 g/mol. The standard InChI is InChI=1S/C12H23NO2S/c1-16-8-2-5-13-6-3-12(4-7-13)10(14)9-11(12)15/h10-11,14-15H,2-9H2,1H3/t10-,11+. The van der Waals surface area contributed by atoms with Crippen LogP contribution in [0.1, 0.15) is 25.7 Å². The third kappa shape index (κ3) is 2.26. The summed E-state index contributed by atoms with van der Waals surface area (Å²) in [6, 6.07) is 0. The second-order valence-electron chi connectivity index (χ2n) is 5.19. The van der Waals surface area contributed by atoms with Gasteiger partial charge in [0, 0.05) is 11.8 Å². The van der Waals surface area contributed by atoms with Gasteiger partial charge in [-0.15, -0.1) is 0 Å². The van der Waals surface area contributed by atoms with E-state index in [9.17, 15) is 10.2 Å². The van der Waals surface area contributed by atoms with Crippen LogP contribution in [0, 0.1) is 5.41 Å². The first-order chi connectivity index (χ1) is 7.69. The normalized spacial score (nSPS) is 33.9. The monoisotopic (exact) mass is 245 g/mol. The maximum absolute atomic E-state index is 9.81. The Balaban J connectivity index is 1.74. The van der Waals surface area contributed by atoms with Gasteiger partial charge in [0.05, 0.1) is 12.2 Å². The molecule has 1 aliphatic heterocycles. The number of aliphatic hydroxyl groups excluding tert-OH is 2. The molecule has 0 bridgehead atoms. The van der Waals surface area contributed by atoms with Crippen molar-refractivity contribution in [3.05, 3.63) is 0 Å². The Morgan fingerprint density at radius 2 is 1.88 bits per heavy atom. The molecule has 2 rings (SSSR count). The van der Waals surface area contributed by atoms with Crippen molar-refractivity contribution < 1.29 is 10.2 Å². The summed E-state index contributed by atoms with van der Waals surface area (Å²) < 4.78 is 0. The summed E-state index contributed by atoms with van der Waals surface area (Å²) in [6.07, 6.45) is 5.41. The van der Waals surface area contributed by atoms with E-state index in [1.807, 2.05) is 11.8 Å². The molecular weight excluding hydrogens is 222 g/mol. The predicted molar refractivity (Wildman–Crippen MR) is 67.7 cm³/mol. The molecule has 2 aliphatic rings. The van der Waals surface area contributed by atoms with Crippen LogP contribution in [0.3, 0.4) is 0 Å². The summed E-state index contributed by atoms with van der Waals surface area (Å²) in [4.78, 5) is 2.47. The molecule has 2 atom stereocenters. The summed E-state index contributed by atoms with van der Waals surface area (Å²) in [5.74, 6) is 1.23. The molecule has 1 spiro atoms. The van der Waals surface area contributed by atoms with Gasteiger partial charge in [-0.05, 0) is 50.9 Å². The molecule has 0 aromatic heterocycles. The van der Waals surface area contributed by atoms with Crippen LogP contribution >= 0.6 is 11.8 Å². The van der Waals surface area contributed by atoms with E-state index in [0.29, 0.717) is 6.42 Å². The molecule has 0 unspecified atom stereocenters. The highest BCUT2D eigenvalue weighted by molar-refractivity contribution is 7.98. The number of rotatable bonds is 4. The lowest BCUT2D eigenvalue weighted by Crippen LogP contribution is -2.61. The zero-order valence-electron chi connectivity index (χ0n) is 10.1. The molecular formula is C12H23NO2S. The van der Waals surface area contributed by atoms with Gasteiger partial charge in [-0.1, -0.05) is 0 Å². The summed E-state index contributed by atoms with van der Waals surface area (Å²) in [5.41, 5.74) is -0.143. The summed E-state index contributed by atoms with van der Waals surface area (Å²) in [5, 5.41) is 19.6. The Labute approximate surface area is 102 Å². The van der Waals surface area contributed by atoms with E-state index in [1.54, 1.807) is 0 Å². The lowest BCUT2D eigenvalue weighted by Gasteiger charge is -2.55. The highest BCUT2D eigenvalue weighted by atomic mass is 32.2. The topological polar surface area (TPSA) is 43.7 Å². The molecule has 2 N–H and O–H groups in total. The van der Waals surface area contributed by atoms with Gasteiger partial charge in [-0.25, -0.2) is 0 Å². The molecule has 3 nitrogen and oxygen atoms in total. The van der Waals surface area contributed by atoms with Gasteiger partial charge in [-0.3, -0.25) is 0 Å². The average Bonchev–Trinajstić information content (AvgIpc) is 2.31. The lowest BCUT2D eigenvalue weighted by molar-refractivity contribution is -0.189. The number of piperidine rings is 1. The molecule has 16 heavy (non-hydrogen) atoms. The second kappa shape index (κ2) is 5.25. The van der Waals surface area contributed by atoms with E-state index in [2.05, 4.69) is 11.2 Å². The number of nitrogens with zero attached hydrogens (tertiary/aromatic N) is 1. The fourth-order valence-corrected chi connectivity index (χ4v) is 3.45. The van der Waals surface area contributed by atoms with Gasteiger partial charge in [0.2, 0.25) is 0 Å². The molecule has 1 saturated carbocycles. The van der Waals surface area contributed by atoms with Crippen molar-refractivity contribution >= 4 is 11.8 Å². The molecule has 0 aromatic carbocycles. The van der Waals surface area contributed by atoms with Crippen molar-refractivity contribution in [1.82, 2.24) is 4.90 Å². The van der Waals surface area contributed by atoms with Gasteiger partial charge in [0.25, 0.3) is 0 Å². The summed E-state index contributed by atoms with van der Waals surface area (Å²) in [7, 11) is 0. The Morgan fingerprint density at radius 3 is 2.38 bits per heavy atom. The van der Waals surface area contributed by atoms with Crippen molar-refractivity contribution in [3.8, 4) is 0 Å². The fraction of sp³-hybridized carbons (Fsp3) is 1.00. The smallest absolute Gasteiger partial charge is 0.0647 e. The Bertz CT molecular complexity index is 219. The van der Waals surface area contributed by atoms with E-state index >= 15 is 0 Å². The van der Waals surface area contributed by atoms with Gasteiger partial charge < -0.3 is 15.1 Å². The highest BCUT2D eigenvalue weighted by Crippen LogP contribution is 2.49. The number of thioether (sulfide) groups is 1. The van der Waals surface area contributed by atoms with Crippen LogP contribution in [0.4, 0.5) is 0 Å². The van der Waals surface area contributed by atoms with Gasteiger partial charge in [0.1, 0.15) is 0 Å². The van der Waals surface area contributed by atoms with E-state index in [0.717, 1.165) is 25.9 Å². The molecule has 1 saturated heterocycles. The zero-order valence-corrected chi connectivity index (χ0v) is 10.9. The minimum Gasteiger partial charge on any atom is -0.392 e. The van der Waals surface area contributed by atoms with Crippen LogP contribution in [-0.4, -0.2) is 59.0 Å². The van der Waals surface area contributed by atoms with Crippen LogP contribution < -0.4 is 0 Å². The van der Waals surface area contributed by atoms with E-state index in [-0.39, 0.29) is 17.6 Å². The van der Waals surface area contributed by atoms with Crippen LogP contribution in [0.5, 0.6) is 0 Å². The molecule has 4 heteroatoms. The molecule has 0 amide bonds. The summed E-state index contributed by atoms with van der Waals surface area (Å²) >= 11 is 1.90. The van der Waals surface area contributed by atoms with Crippen molar-refractivity contribution in [2.45, 2.75) is 37.9 Å².